The van der Waals surface area contributed by atoms with Gasteiger partial charge in [0.1, 0.15) is 0 Å². The van der Waals surface area contributed by atoms with Crippen LogP contribution in [0.5, 0.6) is 0 Å². The molecule has 7 nitrogen and oxygen atoms in total. The lowest BCUT2D eigenvalue weighted by Gasteiger charge is -2.07. The molecule has 2 rings (SSSR count). The van der Waals surface area contributed by atoms with Crippen LogP contribution in [0.25, 0.3) is 0 Å². The first-order chi connectivity index (χ1) is 11.0. The van der Waals surface area contributed by atoms with Gasteiger partial charge in [-0.1, -0.05) is 15.9 Å². The smallest absolute Gasteiger partial charge is 0.314 e. The second-order valence-electron chi connectivity index (χ2n) is 4.47. The van der Waals surface area contributed by atoms with Gasteiger partial charge >= 0.3 is 11.8 Å². The van der Waals surface area contributed by atoms with Crippen molar-refractivity contribution < 1.29 is 14.4 Å². The fraction of sp³-hybridized carbons (Fsp3) is 0. The van der Waals surface area contributed by atoms with E-state index in [-0.39, 0.29) is 0 Å². The summed E-state index contributed by atoms with van der Waals surface area (Å²) < 4.78 is 0.863. The lowest BCUT2D eigenvalue weighted by atomic mass is 10.2. The van der Waals surface area contributed by atoms with Gasteiger partial charge < -0.3 is 10.6 Å². The first kappa shape index (κ1) is 16.7. The number of nitrogens with one attached hydrogen (secondary N) is 3. The third kappa shape index (κ3) is 4.63. The largest absolute Gasteiger partial charge is 0.318 e. The Labute approximate surface area is 140 Å². The lowest BCUT2D eigenvalue weighted by Crippen LogP contribution is -2.30. The molecular weight excluding hydrogens is 364 g/mol. The second-order valence-corrected chi connectivity index (χ2v) is 5.38. The molecule has 2 aromatic carbocycles. The predicted octanol–water partition coefficient (Wildman–Crippen LogP) is 1.63. The van der Waals surface area contributed by atoms with Crippen molar-refractivity contribution in [2.24, 2.45) is 5.84 Å². The highest BCUT2D eigenvalue weighted by molar-refractivity contribution is 9.10. The number of hydrogen-bond donors (Lipinski definition) is 4. The van der Waals surface area contributed by atoms with Crippen LogP contribution in [0.2, 0.25) is 0 Å². The normalized spacial score (nSPS) is 9.83. The van der Waals surface area contributed by atoms with Crippen LogP contribution < -0.4 is 21.9 Å². The summed E-state index contributed by atoms with van der Waals surface area (Å²) in [5.74, 6) is 2.96. The number of carbonyl (C=O) groups is 3. The molecule has 0 aromatic heterocycles. The molecule has 0 saturated heterocycles. The molecule has 3 amide bonds. The summed E-state index contributed by atoms with van der Waals surface area (Å²) in [5.41, 5.74) is 3.22. The standard InChI is InChI=1S/C15H13BrN4O3/c16-10-3-7-12(8-4-10)19-15(23)14(22)18-11-5-1-9(2-6-11)13(21)20-17/h1-8H,17H2,(H,18,22)(H,19,23)(H,20,21). The quantitative estimate of drug-likeness (QED) is 0.282. The van der Waals surface area contributed by atoms with Crippen LogP contribution in [0.4, 0.5) is 11.4 Å². The number of nitrogens with two attached hydrogens (primary N) is 1. The third-order valence-corrected chi connectivity index (χ3v) is 3.37. The number of hydrazine groups is 1. The molecule has 0 aliphatic heterocycles. The average molecular weight is 377 g/mol. The summed E-state index contributed by atoms with van der Waals surface area (Å²) in [6, 6.07) is 12.8. The summed E-state index contributed by atoms with van der Waals surface area (Å²) in [4.78, 5) is 34.9. The molecule has 0 unspecified atom stereocenters. The van der Waals surface area contributed by atoms with Gasteiger partial charge in [0.2, 0.25) is 0 Å². The van der Waals surface area contributed by atoms with Gasteiger partial charge in [-0.3, -0.25) is 19.8 Å². The predicted molar refractivity (Wildman–Crippen MR) is 89.5 cm³/mol. The lowest BCUT2D eigenvalue weighted by molar-refractivity contribution is -0.132. The highest BCUT2D eigenvalue weighted by atomic mass is 79.9. The minimum Gasteiger partial charge on any atom is -0.318 e. The van der Waals surface area contributed by atoms with Crippen molar-refractivity contribution in [3.8, 4) is 0 Å². The van der Waals surface area contributed by atoms with E-state index < -0.39 is 17.7 Å². The van der Waals surface area contributed by atoms with Crippen molar-refractivity contribution in [2.75, 3.05) is 10.6 Å². The van der Waals surface area contributed by atoms with Gasteiger partial charge in [0.05, 0.1) is 0 Å². The van der Waals surface area contributed by atoms with E-state index >= 15 is 0 Å². The number of nitrogen functional groups attached to an aromatic ring is 1. The van der Waals surface area contributed by atoms with Gasteiger partial charge in [-0.2, -0.15) is 0 Å². The number of hydrogen-bond acceptors (Lipinski definition) is 4. The molecule has 0 saturated carbocycles. The van der Waals surface area contributed by atoms with Gasteiger partial charge in [0.15, 0.2) is 0 Å². The highest BCUT2D eigenvalue weighted by Crippen LogP contribution is 2.14. The Hall–Kier alpha value is -2.71. The third-order valence-electron chi connectivity index (χ3n) is 2.84. The Bertz CT molecular complexity index is 729. The van der Waals surface area contributed by atoms with Crippen LogP contribution in [0.15, 0.2) is 53.0 Å². The van der Waals surface area contributed by atoms with Gasteiger partial charge in [0, 0.05) is 21.4 Å². The maximum absolute atomic E-state index is 11.8. The SMILES string of the molecule is NNC(=O)c1ccc(NC(=O)C(=O)Nc2ccc(Br)cc2)cc1. The number of anilines is 2. The Morgan fingerprint density at radius 2 is 1.22 bits per heavy atom. The zero-order chi connectivity index (χ0) is 16.8. The minimum absolute atomic E-state index is 0.338. The summed E-state index contributed by atoms with van der Waals surface area (Å²) in [7, 11) is 0. The maximum atomic E-state index is 11.8. The monoisotopic (exact) mass is 376 g/mol. The van der Waals surface area contributed by atoms with Crippen molar-refractivity contribution in [1.82, 2.24) is 5.43 Å². The Balaban J connectivity index is 1.96. The summed E-state index contributed by atoms with van der Waals surface area (Å²) >= 11 is 3.28. The Morgan fingerprint density at radius 3 is 1.65 bits per heavy atom. The van der Waals surface area contributed by atoms with Crippen LogP contribution in [0.1, 0.15) is 10.4 Å². The number of benzene rings is 2. The van der Waals surface area contributed by atoms with E-state index in [2.05, 4.69) is 26.6 Å². The topological polar surface area (TPSA) is 113 Å². The van der Waals surface area contributed by atoms with Crippen LogP contribution >= 0.6 is 15.9 Å². The molecule has 118 valence electrons. The van der Waals surface area contributed by atoms with E-state index in [9.17, 15) is 14.4 Å². The first-order valence-corrected chi connectivity index (χ1v) is 7.28. The molecule has 0 aliphatic carbocycles. The fourth-order valence-electron chi connectivity index (χ4n) is 1.70. The van der Waals surface area contributed by atoms with Crippen molar-refractivity contribution >= 4 is 45.0 Å². The number of halogens is 1. The van der Waals surface area contributed by atoms with Crippen LogP contribution in [-0.2, 0) is 9.59 Å². The molecule has 23 heavy (non-hydrogen) atoms. The molecule has 0 fully saturated rings. The molecule has 0 bridgehead atoms. The van der Waals surface area contributed by atoms with E-state index in [0.717, 1.165) is 4.47 Å². The van der Waals surface area contributed by atoms with E-state index in [1.165, 1.54) is 24.3 Å². The van der Waals surface area contributed by atoms with Gasteiger partial charge in [-0.25, -0.2) is 5.84 Å². The van der Waals surface area contributed by atoms with Crippen LogP contribution in [-0.4, -0.2) is 17.7 Å². The van der Waals surface area contributed by atoms with Gasteiger partial charge in [-0.05, 0) is 48.5 Å². The van der Waals surface area contributed by atoms with Crippen molar-refractivity contribution in [3.63, 3.8) is 0 Å². The Kier molecular flexibility index (Phi) is 5.45. The zero-order valence-corrected chi connectivity index (χ0v) is 13.4. The fourth-order valence-corrected chi connectivity index (χ4v) is 1.96. The van der Waals surface area contributed by atoms with Gasteiger partial charge in [0.25, 0.3) is 5.91 Å². The average Bonchev–Trinajstić information content (AvgIpc) is 2.56. The van der Waals surface area contributed by atoms with E-state index in [1.54, 1.807) is 24.3 Å². The van der Waals surface area contributed by atoms with E-state index in [1.807, 2.05) is 5.43 Å². The number of carbonyl (C=O) groups excluding carboxylic acids is 3. The van der Waals surface area contributed by atoms with Crippen molar-refractivity contribution in [3.05, 3.63) is 58.6 Å². The molecule has 0 radical (unpaired) electrons. The number of rotatable bonds is 3. The van der Waals surface area contributed by atoms with Crippen LogP contribution in [0, 0.1) is 0 Å². The van der Waals surface area contributed by atoms with E-state index in [0.29, 0.717) is 16.9 Å². The molecule has 8 heteroatoms. The molecule has 0 atom stereocenters. The molecular formula is C15H13BrN4O3. The summed E-state index contributed by atoms with van der Waals surface area (Å²) in [5, 5.41) is 4.91. The zero-order valence-electron chi connectivity index (χ0n) is 11.8. The molecule has 2 aromatic rings. The maximum Gasteiger partial charge on any atom is 0.314 e. The minimum atomic E-state index is -0.816. The molecule has 0 spiro atoms. The van der Waals surface area contributed by atoms with Crippen molar-refractivity contribution in [1.29, 1.82) is 0 Å². The summed E-state index contributed by atoms with van der Waals surface area (Å²) in [6.07, 6.45) is 0. The summed E-state index contributed by atoms with van der Waals surface area (Å²) in [6.45, 7) is 0. The number of amides is 3. The Morgan fingerprint density at radius 1 is 0.783 bits per heavy atom. The first-order valence-electron chi connectivity index (χ1n) is 6.48. The molecule has 0 heterocycles. The van der Waals surface area contributed by atoms with E-state index in [4.69, 9.17) is 5.84 Å². The molecule has 0 aliphatic rings. The van der Waals surface area contributed by atoms with Gasteiger partial charge in [-0.15, -0.1) is 0 Å². The molecule has 5 N–H and O–H groups in total. The second kappa shape index (κ2) is 7.52. The highest BCUT2D eigenvalue weighted by Gasteiger charge is 2.14. The van der Waals surface area contributed by atoms with Crippen LogP contribution in [0.3, 0.4) is 0 Å². The van der Waals surface area contributed by atoms with Crippen molar-refractivity contribution in [2.45, 2.75) is 0 Å².